The third kappa shape index (κ3) is 2.20. The largest absolute Gasteiger partial charge is 0.316 e. The molecule has 4 nitrogen and oxygen atoms in total. The number of imide groups is 1. The van der Waals surface area contributed by atoms with Crippen molar-refractivity contribution in [1.29, 1.82) is 0 Å². The first-order valence-corrected chi connectivity index (χ1v) is 5.73. The van der Waals surface area contributed by atoms with Crippen LogP contribution in [0.1, 0.15) is 26.2 Å². The molecule has 0 bridgehead atoms. The zero-order valence-corrected chi connectivity index (χ0v) is 9.16. The van der Waals surface area contributed by atoms with E-state index in [9.17, 15) is 9.59 Å². The maximum Gasteiger partial charge on any atom is 0.232 e. The van der Waals surface area contributed by atoms with Crippen LogP contribution in [0.3, 0.4) is 0 Å². The second-order valence-electron chi connectivity index (χ2n) is 4.66. The molecule has 0 spiro atoms. The van der Waals surface area contributed by atoms with Crippen molar-refractivity contribution in [2.24, 2.45) is 11.8 Å². The fraction of sp³-hybridized carbons (Fsp3) is 0.818. The Kier molecular flexibility index (Phi) is 3.05. The Hall–Kier alpha value is -0.900. The summed E-state index contributed by atoms with van der Waals surface area (Å²) in [6, 6.07) is 0. The lowest BCUT2D eigenvalue weighted by atomic mass is 9.99. The second kappa shape index (κ2) is 4.31. The Morgan fingerprint density at radius 2 is 2.27 bits per heavy atom. The van der Waals surface area contributed by atoms with E-state index >= 15 is 0 Å². The van der Waals surface area contributed by atoms with Gasteiger partial charge in [0.2, 0.25) is 11.8 Å². The number of hydrogen-bond donors (Lipinski definition) is 1. The van der Waals surface area contributed by atoms with Crippen LogP contribution in [-0.4, -0.2) is 36.3 Å². The number of piperidine rings is 1. The van der Waals surface area contributed by atoms with E-state index in [1.165, 1.54) is 4.90 Å². The number of nitrogens with zero attached hydrogens (tertiary/aromatic N) is 1. The average Bonchev–Trinajstić information content (AvgIpc) is 2.47. The Morgan fingerprint density at radius 3 is 2.80 bits per heavy atom. The SMILES string of the molecule is CC1CC(=O)N(CC2CCCNC2)C1=O. The molecule has 0 aromatic rings. The molecule has 2 aliphatic heterocycles. The lowest BCUT2D eigenvalue weighted by Gasteiger charge is -2.26. The number of hydrogen-bond acceptors (Lipinski definition) is 3. The third-order valence-electron chi connectivity index (χ3n) is 3.31. The van der Waals surface area contributed by atoms with Gasteiger partial charge in [0.15, 0.2) is 0 Å². The highest BCUT2D eigenvalue weighted by molar-refractivity contribution is 6.03. The molecule has 2 heterocycles. The van der Waals surface area contributed by atoms with Crippen LogP contribution in [0.4, 0.5) is 0 Å². The van der Waals surface area contributed by atoms with Crippen LogP contribution in [0.25, 0.3) is 0 Å². The van der Waals surface area contributed by atoms with E-state index in [2.05, 4.69) is 5.32 Å². The molecule has 84 valence electrons. The molecular formula is C11H18N2O2. The van der Waals surface area contributed by atoms with Gasteiger partial charge in [-0.3, -0.25) is 14.5 Å². The lowest BCUT2D eigenvalue weighted by Crippen LogP contribution is -2.40. The molecule has 2 aliphatic rings. The molecule has 4 heteroatoms. The van der Waals surface area contributed by atoms with Crippen molar-refractivity contribution >= 4 is 11.8 Å². The maximum absolute atomic E-state index is 11.7. The fourth-order valence-electron chi connectivity index (χ4n) is 2.38. The Morgan fingerprint density at radius 1 is 1.47 bits per heavy atom. The van der Waals surface area contributed by atoms with Crippen LogP contribution in [-0.2, 0) is 9.59 Å². The molecule has 0 aliphatic carbocycles. The molecule has 0 aromatic heterocycles. The Balaban J connectivity index is 1.93. The molecule has 2 unspecified atom stereocenters. The van der Waals surface area contributed by atoms with Gasteiger partial charge in [0.1, 0.15) is 0 Å². The van der Waals surface area contributed by atoms with Gasteiger partial charge in [0.05, 0.1) is 0 Å². The van der Waals surface area contributed by atoms with Crippen LogP contribution in [0, 0.1) is 11.8 Å². The standard InChI is InChI=1S/C11H18N2O2/c1-8-5-10(14)13(11(8)15)7-9-3-2-4-12-6-9/h8-9,12H,2-7H2,1H3. The zero-order valence-electron chi connectivity index (χ0n) is 9.16. The topological polar surface area (TPSA) is 49.4 Å². The minimum atomic E-state index is -0.103. The first-order valence-electron chi connectivity index (χ1n) is 5.73. The molecule has 2 fully saturated rings. The molecular weight excluding hydrogens is 192 g/mol. The number of rotatable bonds is 2. The summed E-state index contributed by atoms with van der Waals surface area (Å²) in [4.78, 5) is 24.7. The summed E-state index contributed by atoms with van der Waals surface area (Å²) < 4.78 is 0. The van der Waals surface area contributed by atoms with Crippen molar-refractivity contribution in [3.63, 3.8) is 0 Å². The van der Waals surface area contributed by atoms with Gasteiger partial charge < -0.3 is 5.32 Å². The van der Waals surface area contributed by atoms with E-state index in [0.29, 0.717) is 18.9 Å². The fourth-order valence-corrected chi connectivity index (χ4v) is 2.38. The van der Waals surface area contributed by atoms with Crippen molar-refractivity contribution < 1.29 is 9.59 Å². The molecule has 1 N–H and O–H groups in total. The number of carbonyl (C=O) groups is 2. The maximum atomic E-state index is 11.7. The van der Waals surface area contributed by atoms with E-state index in [-0.39, 0.29) is 17.7 Å². The summed E-state index contributed by atoms with van der Waals surface area (Å²) in [5, 5.41) is 3.30. The summed E-state index contributed by atoms with van der Waals surface area (Å²) in [7, 11) is 0. The molecule has 2 atom stereocenters. The summed E-state index contributed by atoms with van der Waals surface area (Å²) >= 11 is 0. The molecule has 2 rings (SSSR count). The molecule has 15 heavy (non-hydrogen) atoms. The van der Waals surface area contributed by atoms with E-state index < -0.39 is 0 Å². The van der Waals surface area contributed by atoms with Gasteiger partial charge in [-0.25, -0.2) is 0 Å². The molecule has 0 saturated carbocycles. The van der Waals surface area contributed by atoms with Gasteiger partial charge >= 0.3 is 0 Å². The normalized spacial score (nSPS) is 32.5. The summed E-state index contributed by atoms with van der Waals surface area (Å²) in [5.41, 5.74) is 0. The van der Waals surface area contributed by atoms with Crippen molar-refractivity contribution in [3.05, 3.63) is 0 Å². The molecule has 2 amide bonds. The van der Waals surface area contributed by atoms with Crippen LogP contribution in [0.5, 0.6) is 0 Å². The van der Waals surface area contributed by atoms with Crippen LogP contribution in [0.15, 0.2) is 0 Å². The lowest BCUT2D eigenvalue weighted by molar-refractivity contribution is -0.140. The molecule has 0 aromatic carbocycles. The van der Waals surface area contributed by atoms with Gasteiger partial charge in [0, 0.05) is 18.9 Å². The monoisotopic (exact) mass is 210 g/mol. The molecule has 2 saturated heterocycles. The zero-order chi connectivity index (χ0) is 10.8. The van der Waals surface area contributed by atoms with Crippen LogP contribution >= 0.6 is 0 Å². The number of likely N-dealkylation sites (tertiary alicyclic amines) is 1. The van der Waals surface area contributed by atoms with Crippen molar-refractivity contribution in [3.8, 4) is 0 Å². The van der Waals surface area contributed by atoms with E-state index in [0.717, 1.165) is 25.9 Å². The average molecular weight is 210 g/mol. The number of nitrogens with one attached hydrogen (secondary N) is 1. The van der Waals surface area contributed by atoms with Crippen LogP contribution < -0.4 is 5.32 Å². The number of carbonyl (C=O) groups excluding carboxylic acids is 2. The first kappa shape index (κ1) is 10.6. The Bertz CT molecular complexity index is 272. The van der Waals surface area contributed by atoms with E-state index in [1.54, 1.807) is 0 Å². The summed E-state index contributed by atoms with van der Waals surface area (Å²) in [5.74, 6) is 0.384. The van der Waals surface area contributed by atoms with Gasteiger partial charge in [0.25, 0.3) is 0 Å². The van der Waals surface area contributed by atoms with E-state index in [4.69, 9.17) is 0 Å². The predicted molar refractivity (Wildman–Crippen MR) is 56.1 cm³/mol. The van der Waals surface area contributed by atoms with Crippen molar-refractivity contribution in [2.45, 2.75) is 26.2 Å². The highest BCUT2D eigenvalue weighted by atomic mass is 16.2. The Labute approximate surface area is 90.0 Å². The van der Waals surface area contributed by atoms with Gasteiger partial charge in [-0.2, -0.15) is 0 Å². The molecule has 0 radical (unpaired) electrons. The smallest absolute Gasteiger partial charge is 0.232 e. The minimum Gasteiger partial charge on any atom is -0.316 e. The quantitative estimate of drug-likeness (QED) is 0.670. The van der Waals surface area contributed by atoms with Gasteiger partial charge in [-0.05, 0) is 31.8 Å². The summed E-state index contributed by atoms with van der Waals surface area (Å²) in [6.07, 6.45) is 2.67. The second-order valence-corrected chi connectivity index (χ2v) is 4.66. The predicted octanol–water partition coefficient (Wildman–Crippen LogP) is 0.381. The highest BCUT2D eigenvalue weighted by Gasteiger charge is 2.36. The van der Waals surface area contributed by atoms with Gasteiger partial charge in [-0.1, -0.05) is 6.92 Å². The van der Waals surface area contributed by atoms with Crippen molar-refractivity contribution in [2.75, 3.05) is 19.6 Å². The first-order chi connectivity index (χ1) is 7.18. The van der Waals surface area contributed by atoms with Crippen LogP contribution in [0.2, 0.25) is 0 Å². The third-order valence-corrected chi connectivity index (χ3v) is 3.31. The van der Waals surface area contributed by atoms with Gasteiger partial charge in [-0.15, -0.1) is 0 Å². The summed E-state index contributed by atoms with van der Waals surface area (Å²) in [6.45, 7) is 4.45. The van der Waals surface area contributed by atoms with Crippen molar-refractivity contribution in [1.82, 2.24) is 10.2 Å². The van der Waals surface area contributed by atoms with E-state index in [1.807, 2.05) is 6.92 Å². The highest BCUT2D eigenvalue weighted by Crippen LogP contribution is 2.21. The minimum absolute atomic E-state index is 0.0121. The number of amides is 2.